The summed E-state index contributed by atoms with van der Waals surface area (Å²) in [5, 5.41) is 6.52. The lowest BCUT2D eigenvalue weighted by Crippen LogP contribution is -2.44. The maximum Gasteiger partial charge on any atom is 0.257 e. The number of rotatable bonds is 5. The van der Waals surface area contributed by atoms with Crippen molar-refractivity contribution in [3.8, 4) is 0 Å². The Balaban J connectivity index is 1.56. The van der Waals surface area contributed by atoms with Gasteiger partial charge in [0.2, 0.25) is 5.91 Å². The van der Waals surface area contributed by atoms with Gasteiger partial charge < -0.3 is 5.73 Å². The zero-order valence-electron chi connectivity index (χ0n) is 19.2. The molecule has 1 atom stereocenters. The minimum absolute atomic E-state index is 0.00661. The van der Waals surface area contributed by atoms with Gasteiger partial charge in [-0.1, -0.05) is 53.6 Å². The normalized spacial score (nSPS) is 19.8. The Kier molecular flexibility index (Phi) is 6.42. The summed E-state index contributed by atoms with van der Waals surface area (Å²) in [6, 6.07) is 14.6. The van der Waals surface area contributed by atoms with E-state index in [1.807, 2.05) is 0 Å². The Bertz CT molecular complexity index is 1040. The Morgan fingerprint density at radius 3 is 2.28 bits per heavy atom. The van der Waals surface area contributed by atoms with E-state index >= 15 is 0 Å². The molecule has 1 saturated heterocycles. The molecule has 2 aliphatic rings. The molecule has 6 nitrogen and oxygen atoms in total. The molecule has 6 heteroatoms. The number of likely N-dealkylation sites (tertiary alicyclic amines) is 1. The largest absolute Gasteiger partial charge is 0.369 e. The molecule has 2 N–H and O–H groups in total. The topological polar surface area (TPSA) is 79.0 Å². The van der Waals surface area contributed by atoms with E-state index in [1.165, 1.54) is 16.7 Å². The molecule has 1 fully saturated rings. The highest BCUT2D eigenvalue weighted by molar-refractivity contribution is 6.04. The highest BCUT2D eigenvalue weighted by Gasteiger charge is 2.35. The van der Waals surface area contributed by atoms with Gasteiger partial charge in [-0.15, -0.1) is 0 Å². The predicted octanol–water partition coefficient (Wildman–Crippen LogP) is 3.49. The summed E-state index contributed by atoms with van der Waals surface area (Å²) in [4.78, 5) is 26.9. The number of aryl methyl sites for hydroxylation is 3. The monoisotopic (exact) mass is 432 g/mol. The fraction of sp³-hybridized carbons (Fsp3) is 0.423. The van der Waals surface area contributed by atoms with E-state index in [9.17, 15) is 9.59 Å². The van der Waals surface area contributed by atoms with Gasteiger partial charge in [-0.3, -0.25) is 14.5 Å². The molecule has 2 aromatic rings. The van der Waals surface area contributed by atoms with E-state index in [0.29, 0.717) is 38.9 Å². The first-order valence-corrected chi connectivity index (χ1v) is 11.4. The van der Waals surface area contributed by atoms with Gasteiger partial charge in [0.25, 0.3) is 5.91 Å². The van der Waals surface area contributed by atoms with Crippen LogP contribution in [-0.2, 0) is 9.59 Å². The fourth-order valence-electron chi connectivity index (χ4n) is 4.73. The van der Waals surface area contributed by atoms with Crippen molar-refractivity contribution in [2.45, 2.75) is 46.1 Å². The first-order valence-electron chi connectivity index (χ1n) is 11.4. The second-order valence-corrected chi connectivity index (χ2v) is 9.19. The number of carbonyl (C=O) groups excluding carboxylic acids is 2. The van der Waals surface area contributed by atoms with Crippen LogP contribution >= 0.6 is 0 Å². The Labute approximate surface area is 190 Å². The van der Waals surface area contributed by atoms with Crippen molar-refractivity contribution < 1.29 is 9.59 Å². The number of hydrazone groups is 1. The Hall–Kier alpha value is -2.99. The van der Waals surface area contributed by atoms with Crippen LogP contribution in [0.4, 0.5) is 0 Å². The third-order valence-corrected chi connectivity index (χ3v) is 6.67. The summed E-state index contributed by atoms with van der Waals surface area (Å²) in [5.74, 6) is -0.326. The number of amides is 2. The minimum atomic E-state index is -0.238. The van der Waals surface area contributed by atoms with Crippen molar-refractivity contribution >= 4 is 17.5 Å². The standard InChI is InChI=1S/C26H32N4O2/c1-17-4-7-20(8-5-17)24-15-23(22-9-6-18(2)14-19(22)3)28-30(24)25(31)16-29-12-10-21(11-13-29)26(27)32/h4-9,14,21,24H,10-13,15-16H2,1-3H3,(H2,27,32)/t24-/m1/s1. The molecule has 2 aromatic carbocycles. The van der Waals surface area contributed by atoms with Gasteiger partial charge in [0, 0.05) is 17.9 Å². The molecule has 0 aromatic heterocycles. The van der Waals surface area contributed by atoms with Crippen molar-refractivity contribution in [2.75, 3.05) is 19.6 Å². The van der Waals surface area contributed by atoms with Crippen LogP contribution in [0.3, 0.4) is 0 Å². The molecule has 0 saturated carbocycles. The molecule has 2 amide bonds. The summed E-state index contributed by atoms with van der Waals surface area (Å²) in [6.45, 7) is 7.96. The van der Waals surface area contributed by atoms with Crippen molar-refractivity contribution in [1.29, 1.82) is 0 Å². The van der Waals surface area contributed by atoms with Crippen molar-refractivity contribution in [1.82, 2.24) is 9.91 Å². The Morgan fingerprint density at radius 2 is 1.66 bits per heavy atom. The van der Waals surface area contributed by atoms with Gasteiger partial charge in [-0.2, -0.15) is 5.10 Å². The number of hydrogen-bond donors (Lipinski definition) is 1. The average molecular weight is 433 g/mol. The zero-order chi connectivity index (χ0) is 22.8. The maximum absolute atomic E-state index is 13.4. The van der Waals surface area contributed by atoms with Crippen molar-refractivity contribution in [2.24, 2.45) is 16.8 Å². The maximum atomic E-state index is 13.4. The smallest absolute Gasteiger partial charge is 0.257 e. The molecule has 0 unspecified atom stereocenters. The van der Waals surface area contributed by atoms with Gasteiger partial charge in [0.1, 0.15) is 0 Å². The number of nitrogens with zero attached hydrogens (tertiary/aromatic N) is 3. The van der Waals surface area contributed by atoms with E-state index in [4.69, 9.17) is 10.8 Å². The van der Waals surface area contributed by atoms with Crippen LogP contribution in [-0.4, -0.2) is 47.1 Å². The summed E-state index contributed by atoms with van der Waals surface area (Å²) >= 11 is 0. The lowest BCUT2D eigenvalue weighted by atomic mass is 9.95. The van der Waals surface area contributed by atoms with Gasteiger partial charge in [-0.05, 0) is 57.8 Å². The van der Waals surface area contributed by atoms with Gasteiger partial charge in [-0.25, -0.2) is 5.01 Å². The molecule has 0 aliphatic carbocycles. The Morgan fingerprint density at radius 1 is 1.00 bits per heavy atom. The molecule has 0 radical (unpaired) electrons. The summed E-state index contributed by atoms with van der Waals surface area (Å²) < 4.78 is 0. The lowest BCUT2D eigenvalue weighted by molar-refractivity contribution is -0.134. The average Bonchev–Trinajstić information content (AvgIpc) is 3.20. The van der Waals surface area contributed by atoms with E-state index in [1.54, 1.807) is 5.01 Å². The van der Waals surface area contributed by atoms with Gasteiger partial charge in [0.05, 0.1) is 18.3 Å². The first kappa shape index (κ1) is 22.2. The summed E-state index contributed by atoms with van der Waals surface area (Å²) in [6.07, 6.45) is 2.12. The summed E-state index contributed by atoms with van der Waals surface area (Å²) in [5.41, 5.74) is 12.2. The molecular formula is C26H32N4O2. The number of piperidine rings is 1. The quantitative estimate of drug-likeness (QED) is 0.786. The van der Waals surface area contributed by atoms with E-state index in [0.717, 1.165) is 16.8 Å². The van der Waals surface area contributed by atoms with Gasteiger partial charge >= 0.3 is 0 Å². The van der Waals surface area contributed by atoms with Crippen molar-refractivity contribution in [3.05, 3.63) is 70.3 Å². The van der Waals surface area contributed by atoms with Crippen LogP contribution in [0.15, 0.2) is 47.6 Å². The summed E-state index contributed by atoms with van der Waals surface area (Å²) in [7, 11) is 0. The van der Waals surface area contributed by atoms with E-state index in [2.05, 4.69) is 68.1 Å². The first-order chi connectivity index (χ1) is 15.3. The van der Waals surface area contributed by atoms with Crippen LogP contribution in [0, 0.1) is 26.7 Å². The zero-order valence-corrected chi connectivity index (χ0v) is 19.2. The highest BCUT2D eigenvalue weighted by Crippen LogP contribution is 2.34. The molecule has 32 heavy (non-hydrogen) atoms. The molecule has 4 rings (SSSR count). The van der Waals surface area contributed by atoms with Crippen LogP contribution in [0.1, 0.15) is 53.1 Å². The molecule has 0 bridgehead atoms. The SMILES string of the molecule is Cc1ccc([C@H]2CC(c3ccc(C)cc3C)=NN2C(=O)CN2CCC(C(N)=O)CC2)cc1. The van der Waals surface area contributed by atoms with E-state index in [-0.39, 0.29) is 23.8 Å². The van der Waals surface area contributed by atoms with E-state index < -0.39 is 0 Å². The molecule has 168 valence electrons. The third-order valence-electron chi connectivity index (χ3n) is 6.67. The van der Waals surface area contributed by atoms with Crippen molar-refractivity contribution in [3.63, 3.8) is 0 Å². The second-order valence-electron chi connectivity index (χ2n) is 9.19. The third kappa shape index (κ3) is 4.75. The fourth-order valence-corrected chi connectivity index (χ4v) is 4.73. The molecule has 2 aliphatic heterocycles. The number of primary amides is 1. The van der Waals surface area contributed by atoms with Crippen LogP contribution in [0.25, 0.3) is 0 Å². The second kappa shape index (κ2) is 9.25. The minimum Gasteiger partial charge on any atom is -0.369 e. The number of carbonyl (C=O) groups is 2. The number of hydrogen-bond acceptors (Lipinski definition) is 4. The van der Waals surface area contributed by atoms with Crippen LogP contribution in [0.2, 0.25) is 0 Å². The number of nitrogens with two attached hydrogens (primary N) is 1. The molecule has 0 spiro atoms. The predicted molar refractivity (Wildman–Crippen MR) is 126 cm³/mol. The lowest BCUT2D eigenvalue weighted by Gasteiger charge is -2.31. The van der Waals surface area contributed by atoms with Crippen LogP contribution in [0.5, 0.6) is 0 Å². The highest BCUT2D eigenvalue weighted by atomic mass is 16.2. The molecular weight excluding hydrogens is 400 g/mol. The van der Waals surface area contributed by atoms with Gasteiger partial charge in [0.15, 0.2) is 0 Å². The van der Waals surface area contributed by atoms with Crippen LogP contribution < -0.4 is 5.73 Å². The molecule has 2 heterocycles. The number of benzene rings is 2.